The minimum absolute atomic E-state index is 0.0638. The highest BCUT2D eigenvalue weighted by Gasteiger charge is 2.19. The molecular formula is C46H88O6. The maximum atomic E-state index is 12.7. The Morgan fingerprint density at radius 1 is 0.365 bits per heavy atom. The third-order valence-corrected chi connectivity index (χ3v) is 10.3. The van der Waals surface area contributed by atoms with Crippen molar-refractivity contribution >= 4 is 17.9 Å². The van der Waals surface area contributed by atoms with Crippen LogP contribution in [-0.2, 0) is 28.6 Å². The summed E-state index contributed by atoms with van der Waals surface area (Å²) < 4.78 is 16.7. The largest absolute Gasteiger partial charge is 0.462 e. The molecule has 0 bridgehead atoms. The summed E-state index contributed by atoms with van der Waals surface area (Å²) in [5.74, 6) is -0.0371. The molecule has 1 atom stereocenters. The Kier molecular flexibility index (Phi) is 39.4. The van der Waals surface area contributed by atoms with Crippen LogP contribution >= 0.6 is 0 Å². The lowest BCUT2D eigenvalue weighted by Crippen LogP contribution is -2.30. The Balaban J connectivity index is 4.31. The summed E-state index contributed by atoms with van der Waals surface area (Å²) in [5.41, 5.74) is 0. The molecule has 0 aliphatic rings. The molecular weight excluding hydrogens is 648 g/mol. The van der Waals surface area contributed by atoms with Gasteiger partial charge in [0.05, 0.1) is 0 Å². The summed E-state index contributed by atoms with van der Waals surface area (Å²) >= 11 is 0. The van der Waals surface area contributed by atoms with E-state index >= 15 is 0 Å². The first-order valence-corrected chi connectivity index (χ1v) is 22.9. The summed E-state index contributed by atoms with van der Waals surface area (Å²) in [5, 5.41) is 0. The topological polar surface area (TPSA) is 78.9 Å². The summed E-state index contributed by atoms with van der Waals surface area (Å²) in [6.07, 6.45) is 39.4. The standard InChI is InChI=1S/C46H88O6/c1-5-7-9-11-13-15-17-22-25-29-33-37-44(47)50-40-43(52-46(49)39-35-31-27-21-16-14-12-10-8-6-2)41-51-45(48)38-34-30-26-23-19-18-20-24-28-32-36-42(3)4/h42-43H,5-41H2,1-4H3/t43-/m0/s1. The van der Waals surface area contributed by atoms with Gasteiger partial charge in [0.15, 0.2) is 6.10 Å². The highest BCUT2D eigenvalue weighted by molar-refractivity contribution is 5.71. The molecule has 52 heavy (non-hydrogen) atoms. The van der Waals surface area contributed by atoms with Gasteiger partial charge in [0, 0.05) is 19.3 Å². The Hall–Kier alpha value is -1.59. The maximum absolute atomic E-state index is 12.7. The van der Waals surface area contributed by atoms with Crippen molar-refractivity contribution < 1.29 is 28.6 Å². The van der Waals surface area contributed by atoms with Gasteiger partial charge in [0.1, 0.15) is 13.2 Å². The van der Waals surface area contributed by atoms with Crippen molar-refractivity contribution in [3.8, 4) is 0 Å². The number of hydrogen-bond donors (Lipinski definition) is 0. The van der Waals surface area contributed by atoms with Gasteiger partial charge in [0.2, 0.25) is 0 Å². The molecule has 0 aromatic heterocycles. The number of esters is 3. The molecule has 0 saturated carbocycles. The van der Waals surface area contributed by atoms with Gasteiger partial charge in [-0.05, 0) is 25.2 Å². The predicted octanol–water partition coefficient (Wildman–Crippen LogP) is 14.3. The maximum Gasteiger partial charge on any atom is 0.306 e. The van der Waals surface area contributed by atoms with Crippen molar-refractivity contribution in [1.82, 2.24) is 0 Å². The average molecular weight is 737 g/mol. The Morgan fingerprint density at radius 2 is 0.635 bits per heavy atom. The van der Waals surface area contributed by atoms with Crippen LogP contribution in [-0.4, -0.2) is 37.2 Å². The van der Waals surface area contributed by atoms with Crippen molar-refractivity contribution in [3.63, 3.8) is 0 Å². The first-order valence-electron chi connectivity index (χ1n) is 22.9. The Morgan fingerprint density at radius 3 is 0.942 bits per heavy atom. The zero-order valence-corrected chi connectivity index (χ0v) is 35.3. The van der Waals surface area contributed by atoms with Crippen LogP contribution in [0, 0.1) is 5.92 Å². The monoisotopic (exact) mass is 737 g/mol. The molecule has 0 aliphatic carbocycles. The molecule has 308 valence electrons. The van der Waals surface area contributed by atoms with Crippen LogP contribution in [0.5, 0.6) is 0 Å². The van der Waals surface area contributed by atoms with Crippen LogP contribution in [0.1, 0.15) is 252 Å². The third kappa shape index (κ3) is 39.6. The van der Waals surface area contributed by atoms with Gasteiger partial charge in [-0.25, -0.2) is 0 Å². The number of carbonyl (C=O) groups excluding carboxylic acids is 3. The van der Waals surface area contributed by atoms with E-state index in [0.717, 1.165) is 63.7 Å². The van der Waals surface area contributed by atoms with E-state index in [-0.39, 0.29) is 31.1 Å². The molecule has 0 amide bonds. The van der Waals surface area contributed by atoms with E-state index in [9.17, 15) is 14.4 Å². The predicted molar refractivity (Wildman–Crippen MR) is 220 cm³/mol. The van der Waals surface area contributed by atoms with Crippen molar-refractivity contribution in [3.05, 3.63) is 0 Å². The number of unbranched alkanes of at least 4 members (excludes halogenated alkanes) is 28. The fourth-order valence-electron chi connectivity index (χ4n) is 6.80. The zero-order chi connectivity index (χ0) is 38.2. The minimum atomic E-state index is -0.758. The van der Waals surface area contributed by atoms with Gasteiger partial charge in [-0.3, -0.25) is 14.4 Å². The fourth-order valence-corrected chi connectivity index (χ4v) is 6.80. The van der Waals surface area contributed by atoms with Crippen LogP contribution in [0.15, 0.2) is 0 Å². The SMILES string of the molecule is CCCCCCCCCCCCCC(=O)OC[C@@H](COC(=O)CCCCCCCCCCCCC(C)C)OC(=O)CCCCCCCCCCCC. The van der Waals surface area contributed by atoms with Gasteiger partial charge < -0.3 is 14.2 Å². The van der Waals surface area contributed by atoms with Crippen LogP contribution in [0.2, 0.25) is 0 Å². The molecule has 0 saturated heterocycles. The number of hydrogen-bond acceptors (Lipinski definition) is 6. The van der Waals surface area contributed by atoms with Gasteiger partial charge in [-0.15, -0.1) is 0 Å². The van der Waals surface area contributed by atoms with Crippen LogP contribution in [0.4, 0.5) is 0 Å². The highest BCUT2D eigenvalue weighted by Crippen LogP contribution is 2.16. The molecule has 0 aliphatic heterocycles. The molecule has 0 N–H and O–H groups in total. The van der Waals surface area contributed by atoms with E-state index in [2.05, 4.69) is 27.7 Å². The van der Waals surface area contributed by atoms with Gasteiger partial charge in [-0.2, -0.15) is 0 Å². The lowest BCUT2D eigenvalue weighted by Gasteiger charge is -2.18. The second kappa shape index (κ2) is 40.6. The second-order valence-corrected chi connectivity index (χ2v) is 16.2. The van der Waals surface area contributed by atoms with Crippen LogP contribution in [0.25, 0.3) is 0 Å². The quantitative estimate of drug-likeness (QED) is 0.0353. The van der Waals surface area contributed by atoms with Crippen molar-refractivity contribution in [1.29, 1.82) is 0 Å². The van der Waals surface area contributed by atoms with E-state index in [1.54, 1.807) is 0 Å². The molecule has 0 aromatic rings. The highest BCUT2D eigenvalue weighted by atomic mass is 16.6. The van der Waals surface area contributed by atoms with E-state index < -0.39 is 6.10 Å². The van der Waals surface area contributed by atoms with Crippen molar-refractivity contribution in [2.45, 2.75) is 259 Å². The molecule has 0 spiro atoms. The smallest absolute Gasteiger partial charge is 0.306 e. The first-order chi connectivity index (χ1) is 25.4. The number of ether oxygens (including phenoxy) is 3. The zero-order valence-electron chi connectivity index (χ0n) is 35.3. The minimum Gasteiger partial charge on any atom is -0.462 e. The summed E-state index contributed by atoms with van der Waals surface area (Å²) in [6.45, 7) is 8.97. The third-order valence-electron chi connectivity index (χ3n) is 10.3. The van der Waals surface area contributed by atoms with Gasteiger partial charge >= 0.3 is 17.9 Å². The Bertz CT molecular complexity index is 781. The lowest BCUT2D eigenvalue weighted by molar-refractivity contribution is -0.167. The molecule has 0 aromatic carbocycles. The van der Waals surface area contributed by atoms with E-state index in [4.69, 9.17) is 14.2 Å². The van der Waals surface area contributed by atoms with Crippen LogP contribution in [0.3, 0.4) is 0 Å². The lowest BCUT2D eigenvalue weighted by atomic mass is 10.0. The Labute approximate surface area is 323 Å². The molecule has 0 unspecified atom stereocenters. The number of carbonyl (C=O) groups is 3. The van der Waals surface area contributed by atoms with Crippen LogP contribution < -0.4 is 0 Å². The van der Waals surface area contributed by atoms with Gasteiger partial charge in [0.25, 0.3) is 0 Å². The van der Waals surface area contributed by atoms with Crippen molar-refractivity contribution in [2.75, 3.05) is 13.2 Å². The molecule has 6 heteroatoms. The molecule has 0 radical (unpaired) electrons. The van der Waals surface area contributed by atoms with E-state index in [1.165, 1.54) is 148 Å². The summed E-state index contributed by atoms with van der Waals surface area (Å²) in [7, 11) is 0. The first kappa shape index (κ1) is 50.4. The van der Waals surface area contributed by atoms with E-state index in [1.807, 2.05) is 0 Å². The number of rotatable bonds is 41. The molecule has 0 heterocycles. The molecule has 0 fully saturated rings. The summed E-state index contributed by atoms with van der Waals surface area (Å²) in [6, 6.07) is 0. The van der Waals surface area contributed by atoms with Crippen molar-refractivity contribution in [2.24, 2.45) is 5.92 Å². The molecule has 6 nitrogen and oxygen atoms in total. The normalized spacial score (nSPS) is 11.9. The molecule has 0 rings (SSSR count). The second-order valence-electron chi connectivity index (χ2n) is 16.2. The summed E-state index contributed by atoms with van der Waals surface area (Å²) in [4.78, 5) is 37.7. The van der Waals surface area contributed by atoms with E-state index in [0.29, 0.717) is 19.3 Å². The van der Waals surface area contributed by atoms with Gasteiger partial charge in [-0.1, -0.05) is 214 Å². The fraction of sp³-hybridized carbons (Fsp3) is 0.935. The average Bonchev–Trinajstić information content (AvgIpc) is 3.12.